The highest BCUT2D eigenvalue weighted by atomic mass is 16.6. The molecule has 0 fully saturated rings. The van der Waals surface area contributed by atoms with Crippen molar-refractivity contribution in [2.75, 3.05) is 59.3 Å². The Morgan fingerprint density at radius 1 is 0.684 bits per heavy atom. The van der Waals surface area contributed by atoms with E-state index in [1.165, 1.54) is 51.4 Å². The summed E-state index contributed by atoms with van der Waals surface area (Å²) in [5.74, 6) is 0. The van der Waals surface area contributed by atoms with Crippen LogP contribution >= 0.6 is 0 Å². The number of hydrogen-bond acceptors (Lipinski definition) is 9. The van der Waals surface area contributed by atoms with E-state index in [2.05, 4.69) is 27.6 Å². The lowest BCUT2D eigenvalue weighted by atomic mass is 10.1. The molecule has 0 rings (SSSR count). The lowest BCUT2D eigenvalue weighted by molar-refractivity contribution is -0.132. The Labute approximate surface area is 227 Å². The maximum atomic E-state index is 12.0. The van der Waals surface area contributed by atoms with Gasteiger partial charge in [0.1, 0.15) is 13.2 Å². The van der Waals surface area contributed by atoms with Crippen LogP contribution in [0.4, 0.5) is 9.59 Å². The van der Waals surface area contributed by atoms with E-state index in [9.17, 15) is 19.2 Å². The molecule has 222 valence electrons. The number of carbonyl (C=O) groups is 4. The number of ether oxygens (including phenoxy) is 5. The topological polar surface area (TPSA) is 151 Å². The number of alkyl carbamates (subject to hydrolysis) is 2. The third-order valence-corrected chi connectivity index (χ3v) is 5.44. The van der Waals surface area contributed by atoms with E-state index in [4.69, 9.17) is 18.9 Å². The molecular formula is C26H49N3O9. The van der Waals surface area contributed by atoms with Crippen LogP contribution in [0.2, 0.25) is 0 Å². The predicted molar refractivity (Wildman–Crippen MR) is 142 cm³/mol. The molecule has 0 aromatic rings. The molecule has 0 bridgehead atoms. The maximum Gasteiger partial charge on any atom is 0.407 e. The standard InChI is InChI=1S/C26H49N3O9/c1-2-3-4-5-6-7-8-9-10-11-12-13-28-26(33)38-24(20-36-23-31)21-37-25(32)29-15-17-35-19-18-34-16-14-27-22-30/h22-24H,2-21H2,1H3,(H,27,30)(H,28,33)(H,29,32). The molecule has 0 spiro atoms. The molecule has 0 aromatic carbocycles. The van der Waals surface area contributed by atoms with Crippen LogP contribution in [0.3, 0.4) is 0 Å². The monoisotopic (exact) mass is 547 g/mol. The minimum absolute atomic E-state index is 0.210. The maximum absolute atomic E-state index is 12.0. The van der Waals surface area contributed by atoms with Crippen LogP contribution in [0.1, 0.15) is 77.6 Å². The zero-order chi connectivity index (χ0) is 27.9. The first kappa shape index (κ1) is 35.4. The van der Waals surface area contributed by atoms with Gasteiger partial charge in [0.25, 0.3) is 6.47 Å². The molecule has 0 saturated heterocycles. The normalized spacial score (nSPS) is 11.3. The lowest BCUT2D eigenvalue weighted by Crippen LogP contribution is -2.37. The van der Waals surface area contributed by atoms with Gasteiger partial charge in [-0.05, 0) is 6.42 Å². The summed E-state index contributed by atoms with van der Waals surface area (Å²) >= 11 is 0. The minimum atomic E-state index is -0.926. The van der Waals surface area contributed by atoms with E-state index in [1.807, 2.05) is 0 Å². The molecular weight excluding hydrogens is 498 g/mol. The number of hydrogen-bond donors (Lipinski definition) is 3. The number of unbranched alkanes of at least 4 members (excludes halogenated alkanes) is 10. The van der Waals surface area contributed by atoms with Crippen molar-refractivity contribution in [3.63, 3.8) is 0 Å². The van der Waals surface area contributed by atoms with Gasteiger partial charge in [0, 0.05) is 19.6 Å². The minimum Gasteiger partial charge on any atom is -0.464 e. The molecule has 0 aliphatic heterocycles. The van der Waals surface area contributed by atoms with E-state index < -0.39 is 18.3 Å². The molecule has 0 aliphatic rings. The van der Waals surface area contributed by atoms with Gasteiger partial charge in [0.05, 0.1) is 26.4 Å². The molecule has 1 atom stereocenters. The average Bonchev–Trinajstić information content (AvgIpc) is 2.91. The van der Waals surface area contributed by atoms with Crippen molar-refractivity contribution in [1.82, 2.24) is 16.0 Å². The highest BCUT2D eigenvalue weighted by Crippen LogP contribution is 2.11. The van der Waals surface area contributed by atoms with Gasteiger partial charge in [0.15, 0.2) is 6.10 Å². The fourth-order valence-corrected chi connectivity index (χ4v) is 3.39. The van der Waals surface area contributed by atoms with Crippen LogP contribution in [-0.4, -0.2) is 90.4 Å². The first-order chi connectivity index (χ1) is 18.6. The Kier molecular flexibility index (Phi) is 27.0. The molecule has 0 aliphatic carbocycles. The summed E-state index contributed by atoms with van der Waals surface area (Å²) < 4.78 is 25.4. The van der Waals surface area contributed by atoms with Crippen molar-refractivity contribution in [1.29, 1.82) is 0 Å². The molecule has 12 nitrogen and oxygen atoms in total. The number of amides is 3. The van der Waals surface area contributed by atoms with E-state index >= 15 is 0 Å². The summed E-state index contributed by atoms with van der Waals surface area (Å²) in [6.45, 7) is 4.43. The van der Waals surface area contributed by atoms with Crippen LogP contribution in [0, 0.1) is 0 Å². The summed E-state index contributed by atoms with van der Waals surface area (Å²) in [6.07, 6.45) is 11.7. The fraction of sp³-hybridized carbons (Fsp3) is 0.846. The van der Waals surface area contributed by atoms with E-state index in [0.717, 1.165) is 19.3 Å². The molecule has 0 heterocycles. The van der Waals surface area contributed by atoms with Gasteiger partial charge >= 0.3 is 12.2 Å². The van der Waals surface area contributed by atoms with E-state index in [-0.39, 0.29) is 32.8 Å². The average molecular weight is 548 g/mol. The van der Waals surface area contributed by atoms with Gasteiger partial charge in [0.2, 0.25) is 6.41 Å². The largest absolute Gasteiger partial charge is 0.464 e. The summed E-state index contributed by atoms with van der Waals surface area (Å²) in [5, 5.41) is 7.65. The first-order valence-electron chi connectivity index (χ1n) is 13.9. The van der Waals surface area contributed by atoms with Crippen LogP contribution in [0.15, 0.2) is 0 Å². The SMILES string of the molecule is CCCCCCCCCCCCCNC(=O)OC(COC=O)COC(=O)NCCOCCOCCNC=O. The fourth-order valence-electron chi connectivity index (χ4n) is 3.39. The number of carbonyl (C=O) groups excluding carboxylic acids is 4. The highest BCUT2D eigenvalue weighted by molar-refractivity contribution is 5.68. The molecule has 0 aromatic heterocycles. The number of rotatable bonds is 28. The zero-order valence-electron chi connectivity index (χ0n) is 23.0. The van der Waals surface area contributed by atoms with Crippen LogP contribution in [0.5, 0.6) is 0 Å². The molecule has 0 radical (unpaired) electrons. The Morgan fingerprint density at radius 2 is 1.26 bits per heavy atom. The Bertz CT molecular complexity index is 582. The van der Waals surface area contributed by atoms with Crippen LogP contribution in [0.25, 0.3) is 0 Å². The van der Waals surface area contributed by atoms with E-state index in [0.29, 0.717) is 39.3 Å². The third kappa shape index (κ3) is 26.5. The Morgan fingerprint density at radius 3 is 1.87 bits per heavy atom. The molecule has 3 N–H and O–H groups in total. The van der Waals surface area contributed by atoms with Gasteiger partial charge in [-0.25, -0.2) is 9.59 Å². The van der Waals surface area contributed by atoms with E-state index in [1.54, 1.807) is 0 Å². The van der Waals surface area contributed by atoms with Gasteiger partial charge in [-0.1, -0.05) is 71.1 Å². The van der Waals surface area contributed by atoms with Gasteiger partial charge in [-0.2, -0.15) is 0 Å². The summed E-state index contributed by atoms with van der Waals surface area (Å²) in [7, 11) is 0. The predicted octanol–water partition coefficient (Wildman–Crippen LogP) is 3.07. The van der Waals surface area contributed by atoms with Crippen LogP contribution in [-0.2, 0) is 33.3 Å². The second kappa shape index (κ2) is 29.0. The van der Waals surface area contributed by atoms with Gasteiger partial charge in [-0.15, -0.1) is 0 Å². The summed E-state index contributed by atoms with van der Waals surface area (Å²) in [5.41, 5.74) is 0. The molecule has 38 heavy (non-hydrogen) atoms. The molecule has 12 heteroatoms. The van der Waals surface area contributed by atoms with Gasteiger partial charge < -0.3 is 39.6 Å². The van der Waals surface area contributed by atoms with Gasteiger partial charge in [-0.3, -0.25) is 9.59 Å². The molecule has 0 saturated carbocycles. The van der Waals surface area contributed by atoms with Crippen molar-refractivity contribution in [2.45, 2.75) is 83.7 Å². The molecule has 3 amide bonds. The molecule has 1 unspecified atom stereocenters. The van der Waals surface area contributed by atoms with Crippen molar-refractivity contribution in [2.24, 2.45) is 0 Å². The third-order valence-electron chi connectivity index (χ3n) is 5.44. The summed E-state index contributed by atoms with van der Waals surface area (Å²) in [4.78, 5) is 44.4. The Balaban J connectivity index is 3.80. The second-order valence-corrected chi connectivity index (χ2v) is 8.74. The highest BCUT2D eigenvalue weighted by Gasteiger charge is 2.17. The first-order valence-corrected chi connectivity index (χ1v) is 13.9. The quantitative estimate of drug-likeness (QED) is 0.0762. The lowest BCUT2D eigenvalue weighted by Gasteiger charge is -2.17. The smallest absolute Gasteiger partial charge is 0.407 e. The van der Waals surface area contributed by atoms with Crippen molar-refractivity contribution in [3.05, 3.63) is 0 Å². The Hall–Kier alpha value is -2.60. The summed E-state index contributed by atoms with van der Waals surface area (Å²) in [6, 6.07) is 0. The van der Waals surface area contributed by atoms with Crippen molar-refractivity contribution < 1.29 is 42.9 Å². The van der Waals surface area contributed by atoms with Crippen molar-refractivity contribution >= 4 is 25.1 Å². The number of nitrogens with one attached hydrogen (secondary N) is 3. The zero-order valence-corrected chi connectivity index (χ0v) is 23.0. The second-order valence-electron chi connectivity index (χ2n) is 8.74. The van der Waals surface area contributed by atoms with Crippen LogP contribution < -0.4 is 16.0 Å². The van der Waals surface area contributed by atoms with Crippen molar-refractivity contribution in [3.8, 4) is 0 Å².